The third-order valence-corrected chi connectivity index (χ3v) is 4.64. The van der Waals surface area contributed by atoms with Crippen LogP contribution in [-0.4, -0.2) is 41.4 Å². The maximum Gasteiger partial charge on any atom is 0.223 e. The van der Waals surface area contributed by atoms with E-state index in [-0.39, 0.29) is 22.1 Å². The second-order valence-corrected chi connectivity index (χ2v) is 6.68. The van der Waals surface area contributed by atoms with Crippen molar-refractivity contribution < 1.29 is 18.4 Å². The van der Waals surface area contributed by atoms with Crippen molar-refractivity contribution in [2.75, 3.05) is 20.5 Å². The summed E-state index contributed by atoms with van der Waals surface area (Å²) in [6.07, 6.45) is 1.73. The summed E-state index contributed by atoms with van der Waals surface area (Å²) in [5.74, 6) is 1.01. The average molecular weight is 414 g/mol. The number of halogens is 1. The summed E-state index contributed by atoms with van der Waals surface area (Å²) >= 11 is 1.16. The van der Waals surface area contributed by atoms with Gasteiger partial charge in [-0.25, -0.2) is 9.38 Å². The van der Waals surface area contributed by atoms with Gasteiger partial charge in [0.1, 0.15) is 16.6 Å². The first kappa shape index (κ1) is 20.5. The minimum Gasteiger partial charge on any atom is -0.493 e. The fourth-order valence-electron chi connectivity index (χ4n) is 2.60. The normalized spacial score (nSPS) is 11.4. The molecule has 150 valence electrons. The molecule has 29 heavy (non-hydrogen) atoms. The van der Waals surface area contributed by atoms with Crippen LogP contribution in [-0.2, 0) is 0 Å². The van der Waals surface area contributed by atoms with Gasteiger partial charge < -0.3 is 14.0 Å². The van der Waals surface area contributed by atoms with Crippen molar-refractivity contribution in [3.63, 3.8) is 0 Å². The van der Waals surface area contributed by atoms with E-state index in [1.165, 1.54) is 26.4 Å². The van der Waals surface area contributed by atoms with E-state index in [9.17, 15) is 4.39 Å². The molecule has 0 fully saturated rings. The summed E-state index contributed by atoms with van der Waals surface area (Å²) in [6.45, 7) is 1.72. The van der Waals surface area contributed by atoms with Gasteiger partial charge in [-0.15, -0.1) is 11.8 Å². The van der Waals surface area contributed by atoms with Crippen LogP contribution >= 0.6 is 11.8 Å². The highest BCUT2D eigenvalue weighted by molar-refractivity contribution is 8.15. The predicted octanol–water partition coefficient (Wildman–Crippen LogP) is 4.66. The fraction of sp³-hybridized carbons (Fsp3) is 0.200. The van der Waals surface area contributed by atoms with Crippen molar-refractivity contribution in [3.8, 4) is 22.9 Å². The molecule has 3 aromatic rings. The van der Waals surface area contributed by atoms with Gasteiger partial charge in [0.15, 0.2) is 11.5 Å². The molecule has 0 saturated heterocycles. The van der Waals surface area contributed by atoms with Crippen LogP contribution in [0.4, 0.5) is 10.1 Å². The Labute approximate surface area is 171 Å². The maximum absolute atomic E-state index is 14.7. The predicted molar refractivity (Wildman–Crippen MR) is 111 cm³/mol. The molecule has 0 unspecified atom stereocenters. The summed E-state index contributed by atoms with van der Waals surface area (Å²) in [5.41, 5.74) is 1.66. The molecule has 9 heteroatoms. The third-order valence-electron chi connectivity index (χ3n) is 4.04. The molecule has 3 rings (SSSR count). The lowest BCUT2D eigenvalue weighted by Crippen LogP contribution is -2.13. The monoisotopic (exact) mass is 414 g/mol. The maximum atomic E-state index is 14.7. The summed E-state index contributed by atoms with van der Waals surface area (Å²) < 4.78 is 30.1. The Morgan fingerprint density at radius 1 is 1.14 bits per heavy atom. The van der Waals surface area contributed by atoms with E-state index in [1.807, 2.05) is 0 Å². The molecule has 7 nitrogen and oxygen atoms in total. The minimum absolute atomic E-state index is 0.119. The number of aliphatic imine (C=N–C) groups is 1. The van der Waals surface area contributed by atoms with Gasteiger partial charge in [-0.3, -0.25) is 5.41 Å². The molecule has 0 bridgehead atoms. The number of nitrogens with zero attached hydrogens (tertiary/aromatic N) is 3. The molecule has 0 saturated carbocycles. The van der Waals surface area contributed by atoms with Crippen molar-refractivity contribution in [2.24, 2.45) is 4.99 Å². The van der Waals surface area contributed by atoms with Gasteiger partial charge in [0.25, 0.3) is 0 Å². The van der Waals surface area contributed by atoms with E-state index in [1.54, 1.807) is 37.4 Å². The zero-order chi connectivity index (χ0) is 21.0. The van der Waals surface area contributed by atoms with Gasteiger partial charge in [-0.05, 0) is 36.6 Å². The Hall–Kier alpha value is -3.20. The van der Waals surface area contributed by atoms with Crippen molar-refractivity contribution in [3.05, 3.63) is 53.7 Å². The van der Waals surface area contributed by atoms with Crippen LogP contribution in [0.5, 0.6) is 11.5 Å². The summed E-state index contributed by atoms with van der Waals surface area (Å²) in [5, 5.41) is 12.2. The van der Waals surface area contributed by atoms with Crippen LogP contribution in [0.3, 0.4) is 0 Å². The molecule has 2 aromatic carbocycles. The molecule has 0 spiro atoms. The number of methoxy groups -OCH3 is 2. The van der Waals surface area contributed by atoms with Crippen molar-refractivity contribution in [1.29, 1.82) is 5.41 Å². The minimum atomic E-state index is -0.556. The van der Waals surface area contributed by atoms with Crippen LogP contribution in [0.25, 0.3) is 11.4 Å². The van der Waals surface area contributed by atoms with Crippen LogP contribution in [0, 0.1) is 18.2 Å². The molecule has 1 N–H and O–H groups in total. The fourth-order valence-corrected chi connectivity index (χ4v) is 2.95. The summed E-state index contributed by atoms with van der Waals surface area (Å²) in [4.78, 5) is 8.68. The molecule has 1 aromatic heterocycles. The Morgan fingerprint density at radius 2 is 1.79 bits per heavy atom. The molecular weight excluding hydrogens is 395 g/mol. The Kier molecular flexibility index (Phi) is 6.28. The molecule has 0 aliphatic rings. The van der Waals surface area contributed by atoms with Crippen molar-refractivity contribution in [2.45, 2.75) is 6.92 Å². The second-order valence-electron chi connectivity index (χ2n) is 5.86. The van der Waals surface area contributed by atoms with E-state index >= 15 is 0 Å². The van der Waals surface area contributed by atoms with Gasteiger partial charge in [0.2, 0.25) is 11.7 Å². The quantitative estimate of drug-likeness (QED) is 0.466. The SMILES string of the molecule is COc1cc(F)c(C(=Nc2ccc(-c3noc(C)n3)cc2)C(=N)SC)cc1OC. The molecule has 1 heterocycles. The van der Waals surface area contributed by atoms with Crippen LogP contribution < -0.4 is 9.47 Å². The lowest BCUT2D eigenvalue weighted by Gasteiger charge is -2.13. The van der Waals surface area contributed by atoms with E-state index in [4.69, 9.17) is 19.4 Å². The number of nitrogens with one attached hydrogen (secondary N) is 1. The highest BCUT2D eigenvalue weighted by Gasteiger charge is 2.19. The van der Waals surface area contributed by atoms with Gasteiger partial charge >= 0.3 is 0 Å². The van der Waals surface area contributed by atoms with Crippen LogP contribution in [0.1, 0.15) is 11.5 Å². The molecular formula is C20H19FN4O3S. The zero-order valence-electron chi connectivity index (χ0n) is 16.3. The lowest BCUT2D eigenvalue weighted by atomic mass is 10.1. The standard InChI is InChI=1S/C20H19FN4O3S/c1-11-23-20(25-28-11)12-5-7-13(8-6-12)24-18(19(22)29-4)14-9-16(26-2)17(27-3)10-15(14)21/h5-10,22H,1-4H3. The second kappa shape index (κ2) is 8.87. The highest BCUT2D eigenvalue weighted by Crippen LogP contribution is 2.31. The van der Waals surface area contributed by atoms with Gasteiger partial charge in [0, 0.05) is 24.1 Å². The van der Waals surface area contributed by atoms with Crippen LogP contribution in [0.2, 0.25) is 0 Å². The Morgan fingerprint density at radius 3 is 2.34 bits per heavy atom. The highest BCUT2D eigenvalue weighted by atomic mass is 32.2. The molecule has 0 radical (unpaired) electrons. The number of benzene rings is 2. The number of thioether (sulfide) groups is 1. The van der Waals surface area contributed by atoms with E-state index in [0.717, 1.165) is 17.3 Å². The smallest absolute Gasteiger partial charge is 0.223 e. The third kappa shape index (κ3) is 4.45. The van der Waals surface area contributed by atoms with E-state index < -0.39 is 5.82 Å². The molecule has 0 atom stereocenters. The number of hydrogen-bond acceptors (Lipinski definition) is 8. The zero-order valence-corrected chi connectivity index (χ0v) is 17.1. The molecule has 0 amide bonds. The average Bonchev–Trinajstić information content (AvgIpc) is 3.18. The summed E-state index contributed by atoms with van der Waals surface area (Å²) in [7, 11) is 2.90. The molecule has 0 aliphatic carbocycles. The molecule has 0 aliphatic heterocycles. The summed E-state index contributed by atoms with van der Waals surface area (Å²) in [6, 6.07) is 9.76. The number of ether oxygens (including phenoxy) is 2. The Balaban J connectivity index is 2.03. The number of rotatable bonds is 6. The topological polar surface area (TPSA) is 93.6 Å². The first-order chi connectivity index (χ1) is 14.0. The largest absolute Gasteiger partial charge is 0.493 e. The first-order valence-corrected chi connectivity index (χ1v) is 9.73. The Bertz CT molecular complexity index is 1060. The lowest BCUT2D eigenvalue weighted by molar-refractivity contribution is 0.352. The van der Waals surface area contributed by atoms with Gasteiger partial charge in [-0.2, -0.15) is 4.98 Å². The van der Waals surface area contributed by atoms with Crippen LogP contribution in [0.15, 0.2) is 45.9 Å². The van der Waals surface area contributed by atoms with Crippen molar-refractivity contribution in [1.82, 2.24) is 10.1 Å². The first-order valence-electron chi connectivity index (χ1n) is 8.51. The van der Waals surface area contributed by atoms with Gasteiger partial charge in [-0.1, -0.05) is 5.16 Å². The van der Waals surface area contributed by atoms with E-state index in [2.05, 4.69) is 15.1 Å². The van der Waals surface area contributed by atoms with E-state index in [0.29, 0.717) is 23.2 Å². The number of aryl methyl sites for hydroxylation is 1. The number of aromatic nitrogens is 2. The number of hydrogen-bond donors (Lipinski definition) is 1. The van der Waals surface area contributed by atoms with Gasteiger partial charge in [0.05, 0.1) is 19.9 Å². The van der Waals surface area contributed by atoms with Crippen molar-refractivity contribution >= 4 is 28.2 Å².